The summed E-state index contributed by atoms with van der Waals surface area (Å²) in [6.07, 6.45) is 4.24. The summed E-state index contributed by atoms with van der Waals surface area (Å²) in [6.45, 7) is 0.496. The third kappa shape index (κ3) is 4.01. The number of rotatable bonds is 6. The van der Waals surface area contributed by atoms with Crippen LogP contribution in [0.5, 0.6) is 5.75 Å². The standard InChI is InChI=1S/C27H24N4O/c28-26-22(11-13-31-27(26)29)15-23-14-20(21-7-6-19-10-12-30-24(19)16-21)8-9-25(23)32-17-18-4-2-1-3-5-18/h1-14,16,30H,15,17,28H2,(H2,29,31). The van der Waals surface area contributed by atoms with Crippen LogP contribution in [0.4, 0.5) is 11.5 Å². The van der Waals surface area contributed by atoms with E-state index in [9.17, 15) is 0 Å². The molecule has 0 aliphatic rings. The molecular formula is C27H24N4O. The van der Waals surface area contributed by atoms with E-state index in [2.05, 4.69) is 58.5 Å². The molecule has 0 amide bonds. The molecule has 3 aromatic carbocycles. The Morgan fingerprint density at radius 2 is 1.62 bits per heavy atom. The van der Waals surface area contributed by atoms with Crippen molar-refractivity contribution in [2.24, 2.45) is 0 Å². The molecule has 5 aromatic rings. The fourth-order valence-corrected chi connectivity index (χ4v) is 3.89. The second kappa shape index (κ2) is 8.47. The van der Waals surface area contributed by atoms with Crippen molar-refractivity contribution in [3.8, 4) is 16.9 Å². The van der Waals surface area contributed by atoms with Gasteiger partial charge in [-0.05, 0) is 63.5 Å². The van der Waals surface area contributed by atoms with Crippen LogP contribution >= 0.6 is 0 Å². The molecule has 5 rings (SSSR count). The first kappa shape index (κ1) is 19.7. The van der Waals surface area contributed by atoms with Gasteiger partial charge in [-0.1, -0.05) is 48.5 Å². The summed E-state index contributed by atoms with van der Waals surface area (Å²) in [6, 6.07) is 26.8. The predicted molar refractivity (Wildman–Crippen MR) is 130 cm³/mol. The molecule has 0 radical (unpaired) electrons. The van der Waals surface area contributed by atoms with Crippen LogP contribution in [0.3, 0.4) is 0 Å². The first-order chi connectivity index (χ1) is 15.7. The van der Waals surface area contributed by atoms with E-state index in [1.165, 1.54) is 5.39 Å². The van der Waals surface area contributed by atoms with Gasteiger partial charge in [0.2, 0.25) is 0 Å². The van der Waals surface area contributed by atoms with Gasteiger partial charge >= 0.3 is 0 Å². The molecule has 5 heteroatoms. The monoisotopic (exact) mass is 420 g/mol. The van der Waals surface area contributed by atoms with Gasteiger partial charge in [-0.3, -0.25) is 0 Å². The van der Waals surface area contributed by atoms with Gasteiger partial charge in [0, 0.05) is 24.3 Å². The molecule has 0 saturated heterocycles. The maximum atomic E-state index is 6.22. The number of pyridine rings is 1. The van der Waals surface area contributed by atoms with E-state index in [1.807, 2.05) is 36.5 Å². The summed E-state index contributed by atoms with van der Waals surface area (Å²) in [5.41, 5.74) is 19.1. The SMILES string of the molecule is Nc1nccc(Cc2cc(-c3ccc4cc[nH]c4c3)ccc2OCc2ccccc2)c1N. The van der Waals surface area contributed by atoms with Gasteiger partial charge in [-0.2, -0.15) is 0 Å². The molecule has 5 nitrogen and oxygen atoms in total. The first-order valence-electron chi connectivity index (χ1n) is 10.5. The molecule has 0 aliphatic heterocycles. The lowest BCUT2D eigenvalue weighted by Gasteiger charge is -2.15. The Morgan fingerprint density at radius 3 is 2.50 bits per heavy atom. The number of nitrogens with two attached hydrogens (primary N) is 2. The first-order valence-corrected chi connectivity index (χ1v) is 10.5. The summed E-state index contributed by atoms with van der Waals surface area (Å²) >= 11 is 0. The van der Waals surface area contributed by atoms with E-state index in [1.54, 1.807) is 6.20 Å². The Balaban J connectivity index is 1.52. The number of hydrogen-bond donors (Lipinski definition) is 3. The molecule has 2 aromatic heterocycles. The molecule has 0 spiro atoms. The summed E-state index contributed by atoms with van der Waals surface area (Å²) < 4.78 is 6.22. The van der Waals surface area contributed by atoms with Gasteiger partial charge in [0.1, 0.15) is 18.2 Å². The molecule has 0 saturated carbocycles. The third-order valence-corrected chi connectivity index (χ3v) is 5.68. The molecule has 0 fully saturated rings. The minimum Gasteiger partial charge on any atom is -0.489 e. The number of anilines is 2. The number of hydrogen-bond acceptors (Lipinski definition) is 4. The number of H-pyrrole nitrogens is 1. The normalized spacial score (nSPS) is 11.0. The van der Waals surface area contributed by atoms with Crippen molar-refractivity contribution in [2.45, 2.75) is 13.0 Å². The lowest BCUT2D eigenvalue weighted by molar-refractivity contribution is 0.303. The average molecular weight is 421 g/mol. The zero-order valence-corrected chi connectivity index (χ0v) is 17.6. The van der Waals surface area contributed by atoms with E-state index >= 15 is 0 Å². The molecule has 5 N–H and O–H groups in total. The topological polar surface area (TPSA) is 89.9 Å². The van der Waals surface area contributed by atoms with Crippen LogP contribution in [0.25, 0.3) is 22.0 Å². The van der Waals surface area contributed by atoms with Crippen molar-refractivity contribution in [3.63, 3.8) is 0 Å². The van der Waals surface area contributed by atoms with Gasteiger partial charge in [-0.25, -0.2) is 4.98 Å². The largest absolute Gasteiger partial charge is 0.489 e. The maximum absolute atomic E-state index is 6.22. The minimum atomic E-state index is 0.350. The van der Waals surface area contributed by atoms with E-state index in [0.29, 0.717) is 24.5 Å². The molecule has 0 unspecified atom stereocenters. The molecular weight excluding hydrogens is 396 g/mol. The highest BCUT2D eigenvalue weighted by Gasteiger charge is 2.12. The second-order valence-electron chi connectivity index (χ2n) is 7.82. The zero-order chi connectivity index (χ0) is 21.9. The van der Waals surface area contributed by atoms with Crippen molar-refractivity contribution in [1.82, 2.24) is 9.97 Å². The second-order valence-corrected chi connectivity index (χ2v) is 7.82. The lowest BCUT2D eigenvalue weighted by Crippen LogP contribution is -2.04. The fraction of sp³-hybridized carbons (Fsp3) is 0.0741. The highest BCUT2D eigenvalue weighted by molar-refractivity contribution is 5.85. The number of nitrogens with one attached hydrogen (secondary N) is 1. The molecule has 0 atom stereocenters. The number of aromatic nitrogens is 2. The summed E-state index contributed by atoms with van der Waals surface area (Å²) in [7, 11) is 0. The van der Waals surface area contributed by atoms with E-state index in [0.717, 1.165) is 39.1 Å². The third-order valence-electron chi connectivity index (χ3n) is 5.68. The Kier molecular flexibility index (Phi) is 5.22. The quantitative estimate of drug-likeness (QED) is 0.335. The minimum absolute atomic E-state index is 0.350. The van der Waals surface area contributed by atoms with Gasteiger partial charge in [0.15, 0.2) is 0 Å². The highest BCUT2D eigenvalue weighted by Crippen LogP contribution is 2.32. The molecule has 0 bridgehead atoms. The van der Waals surface area contributed by atoms with Gasteiger partial charge < -0.3 is 21.2 Å². The Labute approximate surface area is 186 Å². The van der Waals surface area contributed by atoms with Crippen molar-refractivity contribution in [3.05, 3.63) is 108 Å². The fourth-order valence-electron chi connectivity index (χ4n) is 3.89. The van der Waals surface area contributed by atoms with Crippen molar-refractivity contribution in [2.75, 3.05) is 11.5 Å². The van der Waals surface area contributed by atoms with Crippen molar-refractivity contribution in [1.29, 1.82) is 0 Å². The van der Waals surface area contributed by atoms with Crippen LogP contribution in [0, 0.1) is 0 Å². The summed E-state index contributed by atoms with van der Waals surface area (Å²) in [5.74, 6) is 1.18. The molecule has 32 heavy (non-hydrogen) atoms. The highest BCUT2D eigenvalue weighted by atomic mass is 16.5. The summed E-state index contributed by atoms with van der Waals surface area (Å²) in [5, 5.41) is 1.19. The molecule has 0 aliphatic carbocycles. The van der Waals surface area contributed by atoms with Gasteiger partial charge in [0.25, 0.3) is 0 Å². The predicted octanol–water partition coefficient (Wildman–Crippen LogP) is 5.56. The Bertz CT molecular complexity index is 1380. The smallest absolute Gasteiger partial charge is 0.146 e. The maximum Gasteiger partial charge on any atom is 0.146 e. The van der Waals surface area contributed by atoms with Crippen LogP contribution in [0.2, 0.25) is 0 Å². The number of benzene rings is 3. The van der Waals surface area contributed by atoms with E-state index in [4.69, 9.17) is 16.2 Å². The van der Waals surface area contributed by atoms with Crippen LogP contribution < -0.4 is 16.2 Å². The van der Waals surface area contributed by atoms with Gasteiger partial charge in [0.05, 0.1) is 5.69 Å². The number of aromatic amines is 1. The molecule has 2 heterocycles. The number of fused-ring (bicyclic) bond motifs is 1. The number of nitrogen functional groups attached to an aromatic ring is 2. The Hall–Kier alpha value is -4.25. The summed E-state index contributed by atoms with van der Waals surface area (Å²) in [4.78, 5) is 7.37. The van der Waals surface area contributed by atoms with Crippen LogP contribution in [0.1, 0.15) is 16.7 Å². The lowest BCUT2D eigenvalue weighted by atomic mass is 9.97. The van der Waals surface area contributed by atoms with Crippen LogP contribution in [-0.2, 0) is 13.0 Å². The van der Waals surface area contributed by atoms with E-state index < -0.39 is 0 Å². The number of nitrogens with zero attached hydrogens (tertiary/aromatic N) is 1. The molecule has 158 valence electrons. The van der Waals surface area contributed by atoms with Crippen LogP contribution in [0.15, 0.2) is 91.3 Å². The van der Waals surface area contributed by atoms with E-state index in [-0.39, 0.29) is 0 Å². The van der Waals surface area contributed by atoms with Crippen LogP contribution in [-0.4, -0.2) is 9.97 Å². The average Bonchev–Trinajstić information content (AvgIpc) is 3.30. The number of ether oxygens (including phenoxy) is 1. The van der Waals surface area contributed by atoms with Crippen molar-refractivity contribution >= 4 is 22.4 Å². The van der Waals surface area contributed by atoms with Gasteiger partial charge in [-0.15, -0.1) is 0 Å². The Morgan fingerprint density at radius 1 is 0.812 bits per heavy atom. The van der Waals surface area contributed by atoms with Crippen molar-refractivity contribution < 1.29 is 4.74 Å². The zero-order valence-electron chi connectivity index (χ0n) is 17.6.